The lowest BCUT2D eigenvalue weighted by Gasteiger charge is -2.16. The molecule has 9 nitrogen and oxygen atoms in total. The zero-order chi connectivity index (χ0) is 24.9. The predicted molar refractivity (Wildman–Crippen MR) is 129 cm³/mol. The summed E-state index contributed by atoms with van der Waals surface area (Å²) in [6.45, 7) is 2.02. The maximum absolute atomic E-state index is 12.7. The smallest absolute Gasteiger partial charge is 0.407 e. The molecule has 0 radical (unpaired) electrons. The zero-order valence-electron chi connectivity index (χ0n) is 19.7. The molecule has 1 aliphatic rings. The molecule has 0 unspecified atom stereocenters. The van der Waals surface area contributed by atoms with E-state index in [1.807, 2.05) is 24.3 Å². The number of aromatic nitrogens is 2. The van der Waals surface area contributed by atoms with Gasteiger partial charge in [0.2, 0.25) is 0 Å². The third kappa shape index (κ3) is 5.18. The lowest BCUT2D eigenvalue weighted by molar-refractivity contribution is -0.137. The summed E-state index contributed by atoms with van der Waals surface area (Å²) in [5.74, 6) is -1.47. The molecule has 2 amide bonds. The molecule has 0 aliphatic heterocycles. The van der Waals surface area contributed by atoms with Crippen molar-refractivity contribution < 1.29 is 24.2 Å². The van der Waals surface area contributed by atoms with Crippen LogP contribution in [0.2, 0.25) is 0 Å². The molecule has 0 bridgehead atoms. The van der Waals surface area contributed by atoms with Gasteiger partial charge in [-0.1, -0.05) is 55.5 Å². The van der Waals surface area contributed by atoms with Gasteiger partial charge in [-0.15, -0.1) is 0 Å². The van der Waals surface area contributed by atoms with E-state index in [-0.39, 0.29) is 31.1 Å². The quantitative estimate of drug-likeness (QED) is 0.435. The van der Waals surface area contributed by atoms with Gasteiger partial charge < -0.3 is 20.5 Å². The molecule has 9 heteroatoms. The number of aryl methyl sites for hydroxylation is 1. The minimum Gasteiger partial charge on any atom is -0.481 e. The minimum atomic E-state index is -0.986. The zero-order valence-corrected chi connectivity index (χ0v) is 19.7. The van der Waals surface area contributed by atoms with Crippen LogP contribution in [0.4, 0.5) is 4.79 Å². The van der Waals surface area contributed by atoms with Crippen molar-refractivity contribution in [1.82, 2.24) is 20.4 Å². The third-order valence-electron chi connectivity index (χ3n) is 6.30. The fraction of sp³-hybridized carbons (Fsp3) is 0.308. The number of carbonyl (C=O) groups excluding carboxylic acids is 2. The number of carboxylic acids is 1. The molecule has 35 heavy (non-hydrogen) atoms. The van der Waals surface area contributed by atoms with Crippen molar-refractivity contribution in [3.05, 3.63) is 77.1 Å². The molecular formula is C26H28N4O5. The Morgan fingerprint density at radius 2 is 1.71 bits per heavy atom. The van der Waals surface area contributed by atoms with Crippen LogP contribution >= 0.6 is 0 Å². The van der Waals surface area contributed by atoms with Gasteiger partial charge in [-0.05, 0) is 28.7 Å². The average Bonchev–Trinajstić information content (AvgIpc) is 3.38. The van der Waals surface area contributed by atoms with Gasteiger partial charge >= 0.3 is 12.1 Å². The molecule has 0 saturated carbocycles. The number of nitrogens with one attached hydrogen (secondary N) is 2. The van der Waals surface area contributed by atoms with Crippen LogP contribution in [-0.2, 0) is 23.1 Å². The summed E-state index contributed by atoms with van der Waals surface area (Å²) in [5, 5.41) is 18.5. The number of benzene rings is 2. The highest BCUT2D eigenvalue weighted by molar-refractivity contribution is 5.95. The highest BCUT2D eigenvalue weighted by atomic mass is 16.5. The van der Waals surface area contributed by atoms with Crippen LogP contribution in [0.5, 0.6) is 0 Å². The highest BCUT2D eigenvalue weighted by Crippen LogP contribution is 2.44. The monoisotopic (exact) mass is 476 g/mol. The van der Waals surface area contributed by atoms with Crippen molar-refractivity contribution in [2.75, 3.05) is 6.61 Å². The van der Waals surface area contributed by atoms with Crippen LogP contribution < -0.4 is 10.6 Å². The summed E-state index contributed by atoms with van der Waals surface area (Å²) >= 11 is 0. The van der Waals surface area contributed by atoms with Crippen molar-refractivity contribution in [2.45, 2.75) is 38.3 Å². The summed E-state index contributed by atoms with van der Waals surface area (Å²) in [6.07, 6.45) is 1.11. The van der Waals surface area contributed by atoms with Crippen LogP contribution in [0.3, 0.4) is 0 Å². The van der Waals surface area contributed by atoms with Gasteiger partial charge in [0.1, 0.15) is 6.61 Å². The summed E-state index contributed by atoms with van der Waals surface area (Å²) in [7, 11) is 1.67. The van der Waals surface area contributed by atoms with Gasteiger partial charge in [0.15, 0.2) is 0 Å². The van der Waals surface area contributed by atoms with E-state index in [1.54, 1.807) is 14.0 Å². The van der Waals surface area contributed by atoms with Crippen molar-refractivity contribution in [1.29, 1.82) is 0 Å². The van der Waals surface area contributed by atoms with Crippen molar-refractivity contribution in [2.24, 2.45) is 7.05 Å². The molecule has 182 valence electrons. The summed E-state index contributed by atoms with van der Waals surface area (Å²) in [6, 6.07) is 15.7. The first-order chi connectivity index (χ1) is 16.9. The number of ether oxygens (including phenoxy) is 1. The molecule has 1 heterocycles. The lowest BCUT2D eigenvalue weighted by atomic mass is 9.98. The Hall–Kier alpha value is -4.14. The maximum atomic E-state index is 12.7. The molecule has 3 aromatic rings. The van der Waals surface area contributed by atoms with E-state index in [0.717, 1.165) is 22.3 Å². The van der Waals surface area contributed by atoms with Gasteiger partial charge in [0.25, 0.3) is 5.91 Å². The minimum absolute atomic E-state index is 0.0334. The first-order valence-corrected chi connectivity index (χ1v) is 11.5. The molecular weight excluding hydrogens is 448 g/mol. The molecule has 0 saturated heterocycles. The van der Waals surface area contributed by atoms with Crippen LogP contribution in [0.25, 0.3) is 11.1 Å². The SMILES string of the molecule is CC[C@H](CC(=O)O)NC(=O)c1cnn(C)c1CNC(=O)OCC1c2ccccc2-c2ccccc21. The van der Waals surface area contributed by atoms with E-state index >= 15 is 0 Å². The third-order valence-corrected chi connectivity index (χ3v) is 6.30. The Labute approximate surface area is 203 Å². The van der Waals surface area contributed by atoms with E-state index in [0.29, 0.717) is 12.1 Å². The second-order valence-corrected chi connectivity index (χ2v) is 8.48. The number of nitrogens with zero attached hydrogens (tertiary/aromatic N) is 2. The summed E-state index contributed by atoms with van der Waals surface area (Å²) in [4.78, 5) is 36.2. The van der Waals surface area contributed by atoms with Gasteiger partial charge in [-0.3, -0.25) is 14.3 Å². The molecule has 1 aromatic heterocycles. The van der Waals surface area contributed by atoms with E-state index in [4.69, 9.17) is 9.84 Å². The number of aliphatic carboxylic acids is 1. The number of fused-ring (bicyclic) bond motifs is 3. The van der Waals surface area contributed by atoms with Crippen LogP contribution in [0, 0.1) is 0 Å². The number of carbonyl (C=O) groups is 3. The van der Waals surface area contributed by atoms with Crippen molar-refractivity contribution in [3.8, 4) is 11.1 Å². The van der Waals surface area contributed by atoms with E-state index < -0.39 is 24.0 Å². The topological polar surface area (TPSA) is 123 Å². The van der Waals surface area contributed by atoms with Gasteiger partial charge in [0, 0.05) is 19.0 Å². The van der Waals surface area contributed by atoms with Gasteiger partial charge in [0.05, 0.1) is 30.4 Å². The molecule has 0 spiro atoms. The average molecular weight is 477 g/mol. The first kappa shape index (κ1) is 24.0. The molecule has 2 aromatic carbocycles. The summed E-state index contributed by atoms with van der Waals surface area (Å²) in [5.41, 5.74) is 5.31. The van der Waals surface area contributed by atoms with Gasteiger partial charge in [-0.2, -0.15) is 5.10 Å². The second kappa shape index (κ2) is 10.4. The van der Waals surface area contributed by atoms with Crippen LogP contribution in [-0.4, -0.2) is 45.5 Å². The largest absolute Gasteiger partial charge is 0.481 e. The van der Waals surface area contributed by atoms with Crippen LogP contribution in [0.1, 0.15) is 52.9 Å². The van der Waals surface area contributed by atoms with E-state index in [1.165, 1.54) is 10.9 Å². The number of rotatable bonds is 9. The first-order valence-electron chi connectivity index (χ1n) is 11.5. The number of hydrogen-bond acceptors (Lipinski definition) is 5. The molecule has 1 aliphatic carbocycles. The predicted octanol–water partition coefficient (Wildman–Crippen LogP) is 3.44. The van der Waals surface area contributed by atoms with Crippen molar-refractivity contribution in [3.63, 3.8) is 0 Å². The second-order valence-electron chi connectivity index (χ2n) is 8.48. The Morgan fingerprint density at radius 3 is 2.31 bits per heavy atom. The van der Waals surface area contributed by atoms with E-state index in [9.17, 15) is 14.4 Å². The Morgan fingerprint density at radius 1 is 1.09 bits per heavy atom. The van der Waals surface area contributed by atoms with Gasteiger partial charge in [-0.25, -0.2) is 4.79 Å². The standard InChI is InChI=1S/C26H28N4O5/c1-3-16(12-24(31)32)29-25(33)21-13-28-30(2)23(21)14-27-26(34)35-15-22-19-10-6-4-8-17(19)18-9-5-7-11-20(18)22/h4-11,13,16,22H,3,12,14-15H2,1-2H3,(H,27,34)(H,29,33)(H,31,32)/t16-/m1/s1. The molecule has 3 N–H and O–H groups in total. The van der Waals surface area contributed by atoms with Crippen LogP contribution in [0.15, 0.2) is 54.7 Å². The number of alkyl carbamates (subject to hydrolysis) is 1. The lowest BCUT2D eigenvalue weighted by Crippen LogP contribution is -2.37. The fourth-order valence-electron chi connectivity index (χ4n) is 4.44. The highest BCUT2D eigenvalue weighted by Gasteiger charge is 2.29. The van der Waals surface area contributed by atoms with E-state index in [2.05, 4.69) is 40.0 Å². The molecule has 0 fully saturated rings. The maximum Gasteiger partial charge on any atom is 0.407 e. The Kier molecular flexibility index (Phi) is 7.14. The number of amides is 2. The normalized spacial score (nSPS) is 13.0. The Balaban J connectivity index is 1.37. The molecule has 1 atom stereocenters. The Bertz CT molecular complexity index is 1210. The van der Waals surface area contributed by atoms with Crippen molar-refractivity contribution >= 4 is 18.0 Å². The molecule has 4 rings (SSSR count). The summed E-state index contributed by atoms with van der Waals surface area (Å²) < 4.78 is 7.06. The number of carboxylic acid groups (broad SMARTS) is 1. The number of hydrogen-bond donors (Lipinski definition) is 3. The fourth-order valence-corrected chi connectivity index (χ4v) is 4.44.